The third-order valence-electron chi connectivity index (χ3n) is 4.17. The van der Waals surface area contributed by atoms with E-state index < -0.39 is 0 Å². The van der Waals surface area contributed by atoms with Crippen molar-refractivity contribution in [1.29, 1.82) is 0 Å². The van der Waals surface area contributed by atoms with Crippen molar-refractivity contribution in [2.75, 3.05) is 13.1 Å². The lowest BCUT2D eigenvalue weighted by atomic mass is 9.84. The zero-order valence-electron chi connectivity index (χ0n) is 10.5. The van der Waals surface area contributed by atoms with Gasteiger partial charge in [0.15, 0.2) is 0 Å². The van der Waals surface area contributed by atoms with Crippen LogP contribution in [0.4, 0.5) is 0 Å². The Morgan fingerprint density at radius 2 is 1.71 bits per heavy atom. The zero-order chi connectivity index (χ0) is 12.3. The summed E-state index contributed by atoms with van der Waals surface area (Å²) in [6, 6.07) is 0.353. The molecule has 17 heavy (non-hydrogen) atoms. The first-order chi connectivity index (χ1) is 8.15. The van der Waals surface area contributed by atoms with Crippen molar-refractivity contribution in [2.24, 2.45) is 11.7 Å². The van der Waals surface area contributed by atoms with E-state index in [0.717, 1.165) is 51.6 Å². The van der Waals surface area contributed by atoms with Crippen molar-refractivity contribution in [3.05, 3.63) is 0 Å². The minimum Gasteiger partial charge on any atom is -0.393 e. The number of nitrogens with two attached hydrogens (primary N) is 1. The fourth-order valence-electron chi connectivity index (χ4n) is 2.88. The molecule has 2 rings (SSSR count). The number of likely N-dealkylation sites (tertiary alicyclic amines) is 1. The summed E-state index contributed by atoms with van der Waals surface area (Å²) >= 11 is 0. The Morgan fingerprint density at radius 3 is 2.29 bits per heavy atom. The van der Waals surface area contributed by atoms with Crippen LogP contribution >= 0.6 is 0 Å². The summed E-state index contributed by atoms with van der Waals surface area (Å²) in [5.41, 5.74) is 5.86. The Kier molecular flexibility index (Phi) is 4.40. The second-order valence-corrected chi connectivity index (χ2v) is 5.60. The molecule has 0 aromatic carbocycles. The Hall–Kier alpha value is -0.610. The Bertz CT molecular complexity index is 254. The van der Waals surface area contributed by atoms with Gasteiger partial charge in [-0.05, 0) is 44.4 Å². The highest BCUT2D eigenvalue weighted by atomic mass is 16.3. The normalized spacial score (nSPS) is 31.5. The standard InChI is InChI=1S/C13H24N2O2/c14-11-3-1-10(2-4-11)9-13(17)15-7-5-12(16)6-8-15/h10-12,16H,1-9,14H2. The van der Waals surface area contributed by atoms with Gasteiger partial charge in [0.2, 0.25) is 5.91 Å². The van der Waals surface area contributed by atoms with Crippen LogP contribution in [-0.4, -0.2) is 41.1 Å². The minimum absolute atomic E-state index is 0.202. The summed E-state index contributed by atoms with van der Waals surface area (Å²) < 4.78 is 0. The molecule has 4 heteroatoms. The molecule has 1 aliphatic heterocycles. The number of carbonyl (C=O) groups excluding carboxylic acids is 1. The maximum Gasteiger partial charge on any atom is 0.222 e. The van der Waals surface area contributed by atoms with Crippen LogP contribution in [-0.2, 0) is 4.79 Å². The summed E-state index contributed by atoms with van der Waals surface area (Å²) in [5.74, 6) is 0.812. The van der Waals surface area contributed by atoms with Gasteiger partial charge in [-0.2, -0.15) is 0 Å². The van der Waals surface area contributed by atoms with Crippen LogP contribution < -0.4 is 5.73 Å². The molecule has 2 fully saturated rings. The molecule has 0 spiro atoms. The molecule has 4 nitrogen and oxygen atoms in total. The molecule has 1 saturated heterocycles. The van der Waals surface area contributed by atoms with E-state index in [-0.39, 0.29) is 12.0 Å². The van der Waals surface area contributed by atoms with Crippen molar-refractivity contribution in [3.8, 4) is 0 Å². The molecule has 0 radical (unpaired) electrons. The maximum absolute atomic E-state index is 12.1. The Morgan fingerprint density at radius 1 is 1.12 bits per heavy atom. The van der Waals surface area contributed by atoms with Gasteiger partial charge < -0.3 is 15.7 Å². The molecule has 1 amide bonds. The predicted octanol–water partition coefficient (Wildman–Crippen LogP) is 0.877. The first kappa shape index (κ1) is 12.8. The summed E-state index contributed by atoms with van der Waals surface area (Å²) in [5, 5.41) is 9.41. The van der Waals surface area contributed by atoms with Crippen LogP contribution in [0.15, 0.2) is 0 Å². The lowest BCUT2D eigenvalue weighted by molar-refractivity contribution is -0.134. The largest absolute Gasteiger partial charge is 0.393 e. The van der Waals surface area contributed by atoms with Gasteiger partial charge >= 0.3 is 0 Å². The van der Waals surface area contributed by atoms with Gasteiger partial charge in [-0.3, -0.25) is 4.79 Å². The summed E-state index contributed by atoms with van der Waals surface area (Å²) in [4.78, 5) is 14.0. The molecule has 0 aromatic rings. The Balaban J connectivity index is 1.73. The second-order valence-electron chi connectivity index (χ2n) is 5.60. The molecule has 2 aliphatic rings. The van der Waals surface area contributed by atoms with E-state index in [1.807, 2.05) is 4.90 Å². The van der Waals surface area contributed by atoms with Crippen LogP contribution in [0.1, 0.15) is 44.9 Å². The van der Waals surface area contributed by atoms with Crippen molar-refractivity contribution >= 4 is 5.91 Å². The molecule has 98 valence electrons. The smallest absolute Gasteiger partial charge is 0.222 e. The van der Waals surface area contributed by atoms with Crippen molar-refractivity contribution in [2.45, 2.75) is 57.1 Å². The third-order valence-corrected chi connectivity index (χ3v) is 4.17. The zero-order valence-corrected chi connectivity index (χ0v) is 10.5. The van der Waals surface area contributed by atoms with E-state index in [1.54, 1.807) is 0 Å². The van der Waals surface area contributed by atoms with Crippen LogP contribution in [0, 0.1) is 5.92 Å². The summed E-state index contributed by atoms with van der Waals surface area (Å²) in [6.07, 6.45) is 6.29. The van der Waals surface area contributed by atoms with E-state index in [9.17, 15) is 9.90 Å². The van der Waals surface area contributed by atoms with Crippen molar-refractivity contribution in [1.82, 2.24) is 4.90 Å². The molecular formula is C13H24N2O2. The van der Waals surface area contributed by atoms with E-state index in [1.165, 1.54) is 0 Å². The monoisotopic (exact) mass is 240 g/mol. The molecule has 0 unspecified atom stereocenters. The van der Waals surface area contributed by atoms with Crippen LogP contribution in [0.3, 0.4) is 0 Å². The maximum atomic E-state index is 12.1. The van der Waals surface area contributed by atoms with Gasteiger partial charge in [-0.15, -0.1) is 0 Å². The molecule has 0 aromatic heterocycles. The lowest BCUT2D eigenvalue weighted by Crippen LogP contribution is -2.41. The molecule has 1 heterocycles. The SMILES string of the molecule is NC1CCC(CC(=O)N2CCC(O)CC2)CC1. The van der Waals surface area contributed by atoms with Gasteiger partial charge in [0, 0.05) is 25.6 Å². The number of aliphatic hydroxyl groups excluding tert-OH is 1. The second kappa shape index (κ2) is 5.83. The fourth-order valence-corrected chi connectivity index (χ4v) is 2.88. The number of rotatable bonds is 2. The molecule has 3 N–H and O–H groups in total. The quantitative estimate of drug-likeness (QED) is 0.753. The number of aliphatic hydroxyl groups is 1. The molecule has 0 atom stereocenters. The molecule has 1 aliphatic carbocycles. The lowest BCUT2D eigenvalue weighted by Gasteiger charge is -2.32. The predicted molar refractivity (Wildman–Crippen MR) is 66.4 cm³/mol. The highest BCUT2D eigenvalue weighted by molar-refractivity contribution is 5.76. The van der Waals surface area contributed by atoms with Crippen LogP contribution in [0.5, 0.6) is 0 Å². The van der Waals surface area contributed by atoms with Crippen molar-refractivity contribution in [3.63, 3.8) is 0 Å². The third kappa shape index (κ3) is 3.68. The number of carbonyl (C=O) groups is 1. The van der Waals surface area contributed by atoms with E-state index in [0.29, 0.717) is 18.4 Å². The first-order valence-corrected chi connectivity index (χ1v) is 6.86. The van der Waals surface area contributed by atoms with Gasteiger partial charge in [-0.1, -0.05) is 0 Å². The summed E-state index contributed by atoms with van der Waals surface area (Å²) in [6.45, 7) is 1.46. The van der Waals surface area contributed by atoms with Gasteiger partial charge in [-0.25, -0.2) is 0 Å². The molecular weight excluding hydrogens is 216 g/mol. The van der Waals surface area contributed by atoms with E-state index >= 15 is 0 Å². The number of nitrogens with zero attached hydrogens (tertiary/aromatic N) is 1. The van der Waals surface area contributed by atoms with Gasteiger partial charge in [0.1, 0.15) is 0 Å². The highest BCUT2D eigenvalue weighted by Crippen LogP contribution is 2.27. The topological polar surface area (TPSA) is 66.6 Å². The number of hydrogen-bond acceptors (Lipinski definition) is 3. The molecule has 0 bridgehead atoms. The average Bonchev–Trinajstić information content (AvgIpc) is 2.33. The minimum atomic E-state index is -0.202. The number of amides is 1. The van der Waals surface area contributed by atoms with Gasteiger partial charge in [0.25, 0.3) is 0 Å². The first-order valence-electron chi connectivity index (χ1n) is 6.86. The van der Waals surface area contributed by atoms with E-state index in [2.05, 4.69) is 0 Å². The Labute approximate surface area is 103 Å². The average molecular weight is 240 g/mol. The van der Waals surface area contributed by atoms with E-state index in [4.69, 9.17) is 5.73 Å². The summed E-state index contributed by atoms with van der Waals surface area (Å²) in [7, 11) is 0. The highest BCUT2D eigenvalue weighted by Gasteiger charge is 2.25. The van der Waals surface area contributed by atoms with Crippen LogP contribution in [0.2, 0.25) is 0 Å². The van der Waals surface area contributed by atoms with Gasteiger partial charge in [0.05, 0.1) is 6.10 Å². The fraction of sp³-hybridized carbons (Fsp3) is 0.923. The van der Waals surface area contributed by atoms with Crippen molar-refractivity contribution < 1.29 is 9.90 Å². The van der Waals surface area contributed by atoms with Crippen LogP contribution in [0.25, 0.3) is 0 Å². The molecule has 1 saturated carbocycles. The number of hydrogen-bond donors (Lipinski definition) is 2. The number of piperidine rings is 1.